The highest BCUT2D eigenvalue weighted by atomic mass is 35.5. The molecule has 17 heavy (non-hydrogen) atoms. The molecular weight excluding hydrogens is 241 g/mol. The lowest BCUT2D eigenvalue weighted by Crippen LogP contribution is -2.04. The zero-order valence-electron chi connectivity index (χ0n) is 8.98. The first-order valence-electron chi connectivity index (χ1n) is 5.19. The van der Waals surface area contributed by atoms with Crippen molar-refractivity contribution in [3.63, 3.8) is 0 Å². The second-order valence-electron chi connectivity index (χ2n) is 3.71. The van der Waals surface area contributed by atoms with E-state index in [9.17, 15) is 9.50 Å². The molecule has 1 heterocycles. The Morgan fingerprint density at radius 1 is 1.29 bits per heavy atom. The molecule has 1 aromatic carbocycles. The predicted octanol–water partition coefficient (Wildman–Crippen LogP) is 3.15. The first-order chi connectivity index (χ1) is 8.18. The van der Waals surface area contributed by atoms with Gasteiger partial charge in [-0.05, 0) is 17.7 Å². The normalized spacial score (nSPS) is 12.4. The molecule has 2 rings (SSSR count). The quantitative estimate of drug-likeness (QED) is 0.909. The molecule has 1 atom stereocenters. The average Bonchev–Trinajstić information content (AvgIpc) is 2.32. The summed E-state index contributed by atoms with van der Waals surface area (Å²) >= 11 is 5.93. The maximum Gasteiger partial charge on any atom is 0.129 e. The van der Waals surface area contributed by atoms with E-state index in [0.29, 0.717) is 5.02 Å². The largest absolute Gasteiger partial charge is 0.388 e. The molecule has 0 saturated carbocycles. The summed E-state index contributed by atoms with van der Waals surface area (Å²) in [5, 5.41) is 10.4. The van der Waals surface area contributed by atoms with Crippen LogP contribution in [0.4, 0.5) is 4.39 Å². The first-order valence-corrected chi connectivity index (χ1v) is 5.57. The molecule has 4 heteroatoms. The van der Waals surface area contributed by atoms with E-state index in [1.165, 1.54) is 12.3 Å². The number of aliphatic hydroxyl groups excluding tert-OH is 1. The maximum absolute atomic E-state index is 13.4. The van der Waals surface area contributed by atoms with Crippen LogP contribution in [-0.4, -0.2) is 10.1 Å². The summed E-state index contributed by atoms with van der Waals surface area (Å²) in [7, 11) is 0. The van der Waals surface area contributed by atoms with Crippen molar-refractivity contribution >= 4 is 11.6 Å². The Labute approximate surface area is 104 Å². The molecule has 1 aromatic heterocycles. The monoisotopic (exact) mass is 251 g/mol. The van der Waals surface area contributed by atoms with Crippen LogP contribution in [0.2, 0.25) is 5.02 Å². The zero-order chi connectivity index (χ0) is 12.3. The van der Waals surface area contributed by atoms with E-state index >= 15 is 0 Å². The fourth-order valence-electron chi connectivity index (χ4n) is 1.63. The molecule has 0 spiro atoms. The topological polar surface area (TPSA) is 33.1 Å². The number of halogens is 2. The molecule has 0 aliphatic carbocycles. The summed E-state index contributed by atoms with van der Waals surface area (Å²) in [5.74, 6) is -0.412. The van der Waals surface area contributed by atoms with Crippen LogP contribution in [0.5, 0.6) is 0 Å². The van der Waals surface area contributed by atoms with Crippen LogP contribution >= 0.6 is 11.6 Å². The van der Waals surface area contributed by atoms with Gasteiger partial charge in [-0.15, -0.1) is 0 Å². The predicted molar refractivity (Wildman–Crippen MR) is 64.3 cm³/mol. The van der Waals surface area contributed by atoms with E-state index in [0.717, 1.165) is 5.56 Å². The van der Waals surface area contributed by atoms with Gasteiger partial charge in [0.05, 0.1) is 11.1 Å². The minimum atomic E-state index is -0.906. The lowest BCUT2D eigenvalue weighted by atomic mass is 10.0. The van der Waals surface area contributed by atoms with Gasteiger partial charge in [0.25, 0.3) is 0 Å². The van der Waals surface area contributed by atoms with Crippen LogP contribution in [0.15, 0.2) is 42.7 Å². The van der Waals surface area contributed by atoms with E-state index < -0.39 is 11.9 Å². The molecule has 0 radical (unpaired) electrons. The third kappa shape index (κ3) is 2.81. The minimum absolute atomic E-state index is 0.266. The molecule has 0 bridgehead atoms. The highest BCUT2D eigenvalue weighted by molar-refractivity contribution is 6.31. The van der Waals surface area contributed by atoms with Crippen molar-refractivity contribution in [2.24, 2.45) is 0 Å². The molecular formula is C13H11ClFNO. The van der Waals surface area contributed by atoms with Gasteiger partial charge in [0.15, 0.2) is 0 Å². The highest BCUT2D eigenvalue weighted by Gasteiger charge is 2.14. The molecule has 0 amide bonds. The summed E-state index contributed by atoms with van der Waals surface area (Å²) in [6.45, 7) is 0. The molecule has 2 aromatic rings. The standard InChI is InChI=1S/C13H11ClFNO/c14-11-8-16-6-5-9(11)7-13(17)10-3-1-2-4-12(10)15/h1-6,8,13,17H,7H2. The van der Waals surface area contributed by atoms with Crippen LogP contribution in [-0.2, 0) is 6.42 Å². The van der Waals surface area contributed by atoms with Crippen molar-refractivity contribution in [1.82, 2.24) is 4.98 Å². The van der Waals surface area contributed by atoms with Crippen LogP contribution in [0.25, 0.3) is 0 Å². The first kappa shape index (κ1) is 12.0. The second kappa shape index (κ2) is 5.25. The number of hydrogen-bond acceptors (Lipinski definition) is 2. The zero-order valence-corrected chi connectivity index (χ0v) is 9.73. The van der Waals surface area contributed by atoms with Gasteiger partial charge in [-0.3, -0.25) is 4.98 Å². The van der Waals surface area contributed by atoms with Crippen molar-refractivity contribution < 1.29 is 9.50 Å². The maximum atomic E-state index is 13.4. The fraction of sp³-hybridized carbons (Fsp3) is 0.154. The molecule has 0 aliphatic heterocycles. The number of benzene rings is 1. The Balaban J connectivity index is 2.20. The molecule has 88 valence electrons. The Hall–Kier alpha value is -1.45. The van der Waals surface area contributed by atoms with Crippen molar-refractivity contribution in [2.45, 2.75) is 12.5 Å². The fourth-order valence-corrected chi connectivity index (χ4v) is 1.83. The van der Waals surface area contributed by atoms with Gasteiger partial charge in [-0.25, -0.2) is 4.39 Å². The molecule has 1 N–H and O–H groups in total. The van der Waals surface area contributed by atoms with Gasteiger partial charge in [0, 0.05) is 24.4 Å². The van der Waals surface area contributed by atoms with Crippen molar-refractivity contribution in [1.29, 1.82) is 0 Å². The van der Waals surface area contributed by atoms with Gasteiger partial charge in [0.2, 0.25) is 0 Å². The lowest BCUT2D eigenvalue weighted by Gasteiger charge is -2.12. The Kier molecular flexibility index (Phi) is 3.71. The van der Waals surface area contributed by atoms with Crippen molar-refractivity contribution in [2.75, 3.05) is 0 Å². The SMILES string of the molecule is OC(Cc1ccncc1Cl)c1ccccc1F. The van der Waals surface area contributed by atoms with Gasteiger partial charge < -0.3 is 5.11 Å². The van der Waals surface area contributed by atoms with E-state index in [2.05, 4.69) is 4.98 Å². The third-order valence-electron chi connectivity index (χ3n) is 2.53. The minimum Gasteiger partial charge on any atom is -0.388 e. The molecule has 1 unspecified atom stereocenters. The highest BCUT2D eigenvalue weighted by Crippen LogP contribution is 2.24. The number of pyridine rings is 1. The summed E-state index contributed by atoms with van der Waals surface area (Å²) in [6.07, 6.45) is 2.46. The Morgan fingerprint density at radius 2 is 2.06 bits per heavy atom. The molecule has 0 fully saturated rings. The number of aliphatic hydroxyl groups is 1. The summed E-state index contributed by atoms with van der Waals surface area (Å²) in [5.41, 5.74) is 1.03. The summed E-state index contributed by atoms with van der Waals surface area (Å²) < 4.78 is 13.4. The Bertz CT molecular complexity index is 518. The smallest absolute Gasteiger partial charge is 0.129 e. The van der Waals surface area contributed by atoms with E-state index in [1.54, 1.807) is 30.5 Å². The van der Waals surface area contributed by atoms with Gasteiger partial charge in [0.1, 0.15) is 5.82 Å². The van der Waals surface area contributed by atoms with Crippen LogP contribution in [0.1, 0.15) is 17.2 Å². The number of rotatable bonds is 3. The van der Waals surface area contributed by atoms with E-state index in [4.69, 9.17) is 11.6 Å². The third-order valence-corrected chi connectivity index (χ3v) is 2.87. The molecule has 2 nitrogen and oxygen atoms in total. The molecule has 0 aliphatic rings. The summed E-state index contributed by atoms with van der Waals surface area (Å²) in [6, 6.07) is 7.88. The van der Waals surface area contributed by atoms with Crippen molar-refractivity contribution in [3.8, 4) is 0 Å². The summed E-state index contributed by atoms with van der Waals surface area (Å²) in [4.78, 5) is 3.85. The number of aromatic nitrogens is 1. The van der Waals surface area contributed by atoms with Gasteiger partial charge >= 0.3 is 0 Å². The number of nitrogens with zero attached hydrogens (tertiary/aromatic N) is 1. The second-order valence-corrected chi connectivity index (χ2v) is 4.12. The van der Waals surface area contributed by atoms with Crippen LogP contribution < -0.4 is 0 Å². The average molecular weight is 252 g/mol. The van der Waals surface area contributed by atoms with Crippen LogP contribution in [0, 0.1) is 5.82 Å². The van der Waals surface area contributed by atoms with Gasteiger partial charge in [-0.1, -0.05) is 29.8 Å². The van der Waals surface area contributed by atoms with Gasteiger partial charge in [-0.2, -0.15) is 0 Å². The molecule has 0 saturated heterocycles. The van der Waals surface area contributed by atoms with Crippen LogP contribution in [0.3, 0.4) is 0 Å². The Morgan fingerprint density at radius 3 is 2.76 bits per heavy atom. The number of hydrogen-bond donors (Lipinski definition) is 1. The van der Waals surface area contributed by atoms with Crippen molar-refractivity contribution in [3.05, 3.63) is 64.7 Å². The van der Waals surface area contributed by atoms with E-state index in [-0.39, 0.29) is 12.0 Å². The lowest BCUT2D eigenvalue weighted by molar-refractivity contribution is 0.173. The van der Waals surface area contributed by atoms with E-state index in [1.807, 2.05) is 0 Å².